The van der Waals surface area contributed by atoms with E-state index in [4.69, 9.17) is 28.1 Å². The minimum atomic E-state index is -1.88. The Morgan fingerprint density at radius 2 is 1.65 bits per heavy atom. The van der Waals surface area contributed by atoms with E-state index in [9.17, 15) is 50.8 Å². The van der Waals surface area contributed by atoms with Crippen molar-refractivity contribution < 1.29 is 74.1 Å². The van der Waals surface area contributed by atoms with Gasteiger partial charge in [0.15, 0.2) is 29.7 Å². The normalized spacial score (nSPS) is 31.2. The zero-order valence-electron chi connectivity index (χ0n) is 22.4. The predicted octanol–water partition coefficient (Wildman–Crippen LogP) is -1.77. The molecule has 0 aliphatic carbocycles. The lowest BCUT2D eigenvalue weighted by Crippen LogP contribution is -2.64. The van der Waals surface area contributed by atoms with Crippen LogP contribution in [-0.2, 0) is 14.2 Å². The van der Waals surface area contributed by atoms with Gasteiger partial charge in [-0.15, -0.1) is 0 Å². The van der Waals surface area contributed by atoms with Gasteiger partial charge in [0.25, 0.3) is 0 Å². The third kappa shape index (κ3) is 5.67. The Kier molecular flexibility index (Phi) is 8.66. The Labute approximate surface area is 241 Å². The van der Waals surface area contributed by atoms with Gasteiger partial charge in [-0.1, -0.05) is 0 Å². The Morgan fingerprint density at radius 3 is 2.35 bits per heavy atom. The quantitative estimate of drug-likeness (QED) is 0.143. The highest BCUT2D eigenvalue weighted by Crippen LogP contribution is 2.40. The molecule has 2 saturated heterocycles. The number of fused-ring (bicyclic) bond motifs is 1. The lowest BCUT2D eigenvalue weighted by molar-refractivity contribution is -0.345. The van der Waals surface area contributed by atoms with Gasteiger partial charge in [0.1, 0.15) is 59.1 Å². The van der Waals surface area contributed by atoms with E-state index < -0.39 is 96.6 Å². The molecule has 0 amide bonds. The molecule has 2 aliphatic heterocycles. The molecule has 2 aromatic carbocycles. The molecule has 9 atom stereocenters. The SMILES string of the molecule is COc1cc(-c2oc3cc(O)cc(O)c3c(=O)c2O[C@@H]2O[C@H](CO)[C@@H](O)[C@H](O)[C@H]2O[C@@H]2OC[C@@H](O)[C@H](O)[C@H]2O)ccc1O. The van der Waals surface area contributed by atoms with Crippen LogP contribution in [0.3, 0.4) is 0 Å². The van der Waals surface area contributed by atoms with E-state index in [0.717, 1.165) is 12.1 Å². The van der Waals surface area contributed by atoms with Crippen LogP contribution in [0.25, 0.3) is 22.3 Å². The predicted molar refractivity (Wildman–Crippen MR) is 140 cm³/mol. The summed E-state index contributed by atoms with van der Waals surface area (Å²) in [5.41, 5.74) is -1.15. The lowest BCUT2D eigenvalue weighted by Gasteiger charge is -2.44. The third-order valence-electron chi connectivity index (χ3n) is 7.16. The first-order valence-electron chi connectivity index (χ1n) is 13.0. The van der Waals surface area contributed by atoms with Gasteiger partial charge in [-0.3, -0.25) is 4.79 Å². The molecule has 3 heterocycles. The molecular weight excluding hydrogens is 580 g/mol. The molecule has 16 heteroatoms. The summed E-state index contributed by atoms with van der Waals surface area (Å²) < 4.78 is 33.4. The van der Waals surface area contributed by atoms with Gasteiger partial charge in [-0.2, -0.15) is 0 Å². The van der Waals surface area contributed by atoms with Crippen molar-refractivity contribution in [1.29, 1.82) is 0 Å². The molecule has 16 nitrogen and oxygen atoms in total. The van der Waals surface area contributed by atoms with Crippen LogP contribution in [0, 0.1) is 0 Å². The van der Waals surface area contributed by atoms with Crippen molar-refractivity contribution in [3.05, 3.63) is 40.6 Å². The van der Waals surface area contributed by atoms with E-state index in [2.05, 4.69) is 0 Å². The first-order valence-corrected chi connectivity index (χ1v) is 13.0. The monoisotopic (exact) mass is 610 g/mol. The number of phenols is 3. The number of phenolic OH excluding ortho intramolecular Hbond substituents is 3. The molecule has 0 radical (unpaired) electrons. The molecule has 0 spiro atoms. The summed E-state index contributed by atoms with van der Waals surface area (Å²) in [5, 5.41) is 91.5. The summed E-state index contributed by atoms with van der Waals surface area (Å²) in [5.74, 6) is -2.34. The van der Waals surface area contributed by atoms with Crippen molar-refractivity contribution in [3.63, 3.8) is 0 Å². The summed E-state index contributed by atoms with van der Waals surface area (Å²) in [6.45, 7) is -1.28. The van der Waals surface area contributed by atoms with Crippen LogP contribution >= 0.6 is 0 Å². The average molecular weight is 611 g/mol. The maximum atomic E-state index is 13.8. The van der Waals surface area contributed by atoms with E-state index in [0.29, 0.717) is 0 Å². The Hall–Kier alpha value is -3.71. The molecule has 234 valence electrons. The molecule has 2 aliphatic rings. The number of ether oxygens (including phenoxy) is 5. The number of rotatable bonds is 7. The van der Waals surface area contributed by atoms with E-state index in [1.54, 1.807) is 0 Å². The second kappa shape index (κ2) is 12.1. The molecule has 5 rings (SSSR count). The fourth-order valence-corrected chi connectivity index (χ4v) is 4.85. The van der Waals surface area contributed by atoms with Gasteiger partial charge in [-0.25, -0.2) is 0 Å². The molecule has 0 unspecified atom stereocenters. The number of aliphatic hydroxyl groups excluding tert-OH is 6. The maximum absolute atomic E-state index is 13.8. The van der Waals surface area contributed by atoms with Crippen molar-refractivity contribution in [2.75, 3.05) is 20.3 Å². The summed E-state index contributed by atoms with van der Waals surface area (Å²) in [7, 11) is 1.28. The average Bonchev–Trinajstić information content (AvgIpc) is 2.97. The van der Waals surface area contributed by atoms with E-state index in [1.807, 2.05) is 0 Å². The van der Waals surface area contributed by atoms with Crippen LogP contribution in [0.4, 0.5) is 0 Å². The van der Waals surface area contributed by atoms with Crippen LogP contribution in [0.2, 0.25) is 0 Å². The van der Waals surface area contributed by atoms with Crippen molar-refractivity contribution in [2.45, 2.75) is 55.3 Å². The highest BCUT2D eigenvalue weighted by atomic mass is 16.8. The Morgan fingerprint density at radius 1 is 0.907 bits per heavy atom. The minimum Gasteiger partial charge on any atom is -0.508 e. The smallest absolute Gasteiger partial charge is 0.239 e. The summed E-state index contributed by atoms with van der Waals surface area (Å²) in [6.07, 6.45) is -15.3. The zero-order chi connectivity index (χ0) is 31.2. The highest BCUT2D eigenvalue weighted by molar-refractivity contribution is 5.88. The molecule has 1 aromatic heterocycles. The van der Waals surface area contributed by atoms with E-state index in [1.165, 1.54) is 25.3 Å². The first-order chi connectivity index (χ1) is 20.4. The van der Waals surface area contributed by atoms with Gasteiger partial charge < -0.3 is 74.1 Å². The minimum absolute atomic E-state index is 0.0249. The van der Waals surface area contributed by atoms with Crippen LogP contribution < -0.4 is 14.9 Å². The summed E-state index contributed by atoms with van der Waals surface area (Å²) >= 11 is 0. The Balaban J connectivity index is 1.63. The standard InChI is InChI=1S/C27H30O16/c1-38-14-4-9(2-3-11(14)30)23-24(20(35)17-12(31)5-10(29)6-15(17)40-23)42-27-25(21(36)19(34)16(7-28)41-27)43-26-22(37)18(33)13(32)8-39-26/h2-6,13,16,18-19,21-22,25-34,36-37H,7-8H2,1H3/t13-,16-,18+,19-,21+,22-,25-,26+,27+/m1/s1. The Bertz CT molecular complexity index is 1520. The molecule has 2 fully saturated rings. The molecule has 3 aromatic rings. The molecule has 43 heavy (non-hydrogen) atoms. The van der Waals surface area contributed by atoms with Gasteiger partial charge in [0.2, 0.25) is 17.5 Å². The number of aliphatic hydroxyl groups is 6. The van der Waals surface area contributed by atoms with Gasteiger partial charge in [0, 0.05) is 17.7 Å². The number of benzene rings is 2. The number of aromatic hydroxyl groups is 3. The van der Waals surface area contributed by atoms with Crippen molar-refractivity contribution in [1.82, 2.24) is 0 Å². The number of hydrogen-bond donors (Lipinski definition) is 9. The second-order valence-electron chi connectivity index (χ2n) is 9.99. The van der Waals surface area contributed by atoms with E-state index >= 15 is 0 Å². The maximum Gasteiger partial charge on any atom is 0.239 e. The van der Waals surface area contributed by atoms with Crippen LogP contribution in [0.1, 0.15) is 0 Å². The van der Waals surface area contributed by atoms with E-state index in [-0.39, 0.29) is 28.4 Å². The molecule has 0 saturated carbocycles. The largest absolute Gasteiger partial charge is 0.508 e. The van der Waals surface area contributed by atoms with Crippen LogP contribution in [0.5, 0.6) is 28.7 Å². The lowest BCUT2D eigenvalue weighted by atomic mass is 9.98. The van der Waals surface area contributed by atoms with Crippen LogP contribution in [0.15, 0.2) is 39.5 Å². The fraction of sp³-hybridized carbons (Fsp3) is 0.444. The highest BCUT2D eigenvalue weighted by Gasteiger charge is 2.50. The zero-order valence-corrected chi connectivity index (χ0v) is 22.4. The van der Waals surface area contributed by atoms with Crippen molar-refractivity contribution >= 4 is 11.0 Å². The van der Waals surface area contributed by atoms with Gasteiger partial charge in [0.05, 0.1) is 20.3 Å². The van der Waals surface area contributed by atoms with Gasteiger partial charge in [-0.05, 0) is 18.2 Å². The summed E-state index contributed by atoms with van der Waals surface area (Å²) in [6, 6.07) is 5.81. The van der Waals surface area contributed by atoms with Crippen molar-refractivity contribution in [2.24, 2.45) is 0 Å². The topological polar surface area (TPSA) is 258 Å². The fourth-order valence-electron chi connectivity index (χ4n) is 4.85. The third-order valence-corrected chi connectivity index (χ3v) is 7.16. The molecule has 9 N–H and O–H groups in total. The van der Waals surface area contributed by atoms with Gasteiger partial charge >= 0.3 is 0 Å². The molecule has 0 bridgehead atoms. The second-order valence-corrected chi connectivity index (χ2v) is 9.99. The number of hydrogen-bond acceptors (Lipinski definition) is 16. The van der Waals surface area contributed by atoms with Crippen LogP contribution in [-0.4, -0.2) is 122 Å². The number of methoxy groups -OCH3 is 1. The summed E-state index contributed by atoms with van der Waals surface area (Å²) in [4.78, 5) is 13.8. The first kappa shape index (κ1) is 30.7. The van der Waals surface area contributed by atoms with Crippen molar-refractivity contribution in [3.8, 4) is 40.1 Å². The molecular formula is C27H30O16.